The molecule has 0 atom stereocenters. The van der Waals surface area contributed by atoms with Crippen molar-refractivity contribution in [2.24, 2.45) is 0 Å². The molecule has 0 bridgehead atoms. The van der Waals surface area contributed by atoms with E-state index in [4.69, 9.17) is 21.1 Å². The van der Waals surface area contributed by atoms with Crippen LogP contribution < -0.4 is 0 Å². The number of benzene rings is 1. The lowest BCUT2D eigenvalue weighted by atomic mass is 10.3. The molecule has 25 heavy (non-hydrogen) atoms. The van der Waals surface area contributed by atoms with Crippen molar-refractivity contribution in [3.05, 3.63) is 33.3 Å². The molecule has 0 aliphatic rings. The van der Waals surface area contributed by atoms with Gasteiger partial charge in [-0.25, -0.2) is 8.42 Å². The number of nitrogens with zero attached hydrogens (tertiary/aromatic N) is 2. The second-order valence-corrected chi connectivity index (χ2v) is 7.17. The largest absolute Gasteiger partial charge is 0.466 e. The van der Waals surface area contributed by atoms with Crippen LogP contribution in [-0.2, 0) is 24.3 Å². The number of halogens is 1. The molecule has 0 heterocycles. The molecule has 0 saturated heterocycles. The molecule has 1 aromatic carbocycles. The molecule has 0 N–H and O–H groups in total. The van der Waals surface area contributed by atoms with Gasteiger partial charge in [0.1, 0.15) is 5.02 Å². The summed E-state index contributed by atoms with van der Waals surface area (Å²) >= 11 is 5.71. The Balaban J connectivity index is 3.11. The van der Waals surface area contributed by atoms with Gasteiger partial charge in [0.15, 0.2) is 0 Å². The molecule has 11 heteroatoms. The van der Waals surface area contributed by atoms with Crippen LogP contribution in [0.4, 0.5) is 5.69 Å². The monoisotopic (exact) mass is 394 g/mol. The first-order valence-electron chi connectivity index (χ1n) is 7.32. The van der Waals surface area contributed by atoms with Gasteiger partial charge in [-0.2, -0.15) is 4.31 Å². The van der Waals surface area contributed by atoms with Gasteiger partial charge in [-0.15, -0.1) is 0 Å². The topological polar surface area (TPSA) is 116 Å². The Morgan fingerprint density at radius 1 is 1.36 bits per heavy atom. The van der Waals surface area contributed by atoms with Gasteiger partial charge in [0.25, 0.3) is 5.69 Å². The first-order chi connectivity index (χ1) is 11.7. The Hall–Kier alpha value is -1.75. The van der Waals surface area contributed by atoms with Crippen LogP contribution in [0.3, 0.4) is 0 Å². The molecule has 0 saturated carbocycles. The number of ether oxygens (including phenoxy) is 2. The predicted octanol–water partition coefficient (Wildman–Crippen LogP) is 1.84. The highest BCUT2D eigenvalue weighted by Crippen LogP contribution is 2.28. The molecule has 0 amide bonds. The number of carbonyl (C=O) groups excluding carboxylic acids is 1. The molecular formula is C14H19ClN2O7S. The summed E-state index contributed by atoms with van der Waals surface area (Å²) in [5, 5.41) is 10.8. The van der Waals surface area contributed by atoms with Gasteiger partial charge >= 0.3 is 5.97 Å². The van der Waals surface area contributed by atoms with Crippen molar-refractivity contribution >= 4 is 33.3 Å². The summed E-state index contributed by atoms with van der Waals surface area (Å²) in [6.45, 7) is 1.77. The van der Waals surface area contributed by atoms with E-state index in [1.165, 1.54) is 13.2 Å². The zero-order valence-electron chi connectivity index (χ0n) is 13.8. The summed E-state index contributed by atoms with van der Waals surface area (Å²) in [4.78, 5) is 21.4. The second-order valence-electron chi connectivity index (χ2n) is 4.82. The van der Waals surface area contributed by atoms with Crippen LogP contribution in [-0.4, -0.2) is 57.0 Å². The van der Waals surface area contributed by atoms with Crippen molar-refractivity contribution in [2.45, 2.75) is 18.2 Å². The van der Waals surface area contributed by atoms with Crippen molar-refractivity contribution in [1.82, 2.24) is 4.31 Å². The Morgan fingerprint density at radius 2 is 2.04 bits per heavy atom. The summed E-state index contributed by atoms with van der Waals surface area (Å²) in [6.07, 6.45) is -0.146. The third-order valence-corrected chi connectivity index (χ3v) is 5.38. The van der Waals surface area contributed by atoms with Gasteiger partial charge < -0.3 is 9.47 Å². The lowest BCUT2D eigenvalue weighted by Crippen LogP contribution is -2.36. The number of hydrogen-bond acceptors (Lipinski definition) is 7. The van der Waals surface area contributed by atoms with E-state index in [-0.39, 0.29) is 42.6 Å². The highest BCUT2D eigenvalue weighted by atomic mass is 35.5. The van der Waals surface area contributed by atoms with Crippen molar-refractivity contribution in [1.29, 1.82) is 0 Å². The average molecular weight is 395 g/mol. The van der Waals surface area contributed by atoms with E-state index >= 15 is 0 Å². The van der Waals surface area contributed by atoms with E-state index in [1.807, 2.05) is 0 Å². The van der Waals surface area contributed by atoms with E-state index < -0.39 is 26.6 Å². The third kappa shape index (κ3) is 5.92. The van der Waals surface area contributed by atoms with E-state index in [9.17, 15) is 23.3 Å². The minimum atomic E-state index is -4.07. The lowest BCUT2D eigenvalue weighted by Gasteiger charge is -2.21. The number of nitro benzene ring substituents is 1. The third-order valence-electron chi connectivity index (χ3n) is 3.17. The number of methoxy groups -OCH3 is 1. The smallest absolute Gasteiger partial charge is 0.307 e. The van der Waals surface area contributed by atoms with E-state index in [0.29, 0.717) is 0 Å². The van der Waals surface area contributed by atoms with Gasteiger partial charge in [-0.1, -0.05) is 11.6 Å². The zero-order chi connectivity index (χ0) is 19.0. The fraction of sp³-hybridized carbons (Fsp3) is 0.500. The first kappa shape index (κ1) is 21.3. The molecule has 0 fully saturated rings. The van der Waals surface area contributed by atoms with Gasteiger partial charge in [0.2, 0.25) is 10.0 Å². The van der Waals surface area contributed by atoms with Gasteiger partial charge in [0, 0.05) is 26.3 Å². The quantitative estimate of drug-likeness (QED) is 0.337. The number of nitro groups is 1. The molecule has 0 aromatic heterocycles. The number of sulfonamides is 1. The van der Waals surface area contributed by atoms with E-state index in [0.717, 1.165) is 16.4 Å². The zero-order valence-corrected chi connectivity index (χ0v) is 15.4. The normalized spacial score (nSPS) is 11.5. The van der Waals surface area contributed by atoms with Gasteiger partial charge in [-0.3, -0.25) is 14.9 Å². The van der Waals surface area contributed by atoms with Crippen LogP contribution in [0.15, 0.2) is 23.1 Å². The Bertz CT molecular complexity index is 724. The second kappa shape index (κ2) is 9.66. The molecule has 140 valence electrons. The SMILES string of the molecule is CCOC(=O)CCN(CCOC)S(=O)(=O)c1ccc(Cl)c([N+](=O)[O-])c1. The van der Waals surface area contributed by atoms with Crippen LogP contribution in [0.5, 0.6) is 0 Å². The highest BCUT2D eigenvalue weighted by molar-refractivity contribution is 7.89. The summed E-state index contributed by atoms with van der Waals surface area (Å²) in [5.74, 6) is -0.540. The Morgan fingerprint density at radius 3 is 2.60 bits per heavy atom. The molecule has 1 rings (SSSR count). The average Bonchev–Trinajstić information content (AvgIpc) is 2.54. The molecule has 0 spiro atoms. The highest BCUT2D eigenvalue weighted by Gasteiger charge is 2.27. The van der Waals surface area contributed by atoms with Crippen molar-refractivity contribution in [2.75, 3.05) is 33.4 Å². The minimum absolute atomic E-state index is 0.0192. The Kier molecular flexibility index (Phi) is 8.23. The van der Waals surface area contributed by atoms with E-state index in [2.05, 4.69) is 0 Å². The summed E-state index contributed by atoms with van der Waals surface area (Å²) in [7, 11) is -2.67. The molecular weight excluding hydrogens is 376 g/mol. The molecule has 0 aliphatic carbocycles. The molecule has 0 radical (unpaired) electrons. The van der Waals surface area contributed by atoms with Gasteiger partial charge in [-0.05, 0) is 19.1 Å². The lowest BCUT2D eigenvalue weighted by molar-refractivity contribution is -0.384. The van der Waals surface area contributed by atoms with Gasteiger partial charge in [0.05, 0.1) is 29.5 Å². The molecule has 1 aromatic rings. The van der Waals surface area contributed by atoms with E-state index in [1.54, 1.807) is 6.92 Å². The number of esters is 1. The summed E-state index contributed by atoms with van der Waals surface area (Å²) in [5.41, 5.74) is -0.514. The minimum Gasteiger partial charge on any atom is -0.466 e. The molecule has 0 aliphatic heterocycles. The van der Waals surface area contributed by atoms with Crippen LogP contribution >= 0.6 is 11.6 Å². The van der Waals surface area contributed by atoms with Crippen LogP contribution in [0.2, 0.25) is 5.02 Å². The van der Waals surface area contributed by atoms with Crippen LogP contribution in [0, 0.1) is 10.1 Å². The standard InChI is InChI=1S/C14H19ClN2O7S/c1-3-24-14(18)6-7-16(8-9-23-2)25(21,22)11-4-5-12(15)13(10-11)17(19)20/h4-5,10H,3,6-9H2,1-2H3. The van der Waals surface area contributed by atoms with Crippen LogP contribution in [0.25, 0.3) is 0 Å². The first-order valence-corrected chi connectivity index (χ1v) is 9.14. The summed E-state index contributed by atoms with van der Waals surface area (Å²) < 4.78 is 36.2. The fourth-order valence-corrected chi connectivity index (χ4v) is 3.57. The Labute approximate surface area is 150 Å². The maximum atomic E-state index is 12.7. The van der Waals surface area contributed by atoms with Crippen molar-refractivity contribution < 1.29 is 27.6 Å². The molecule has 0 unspecified atom stereocenters. The van der Waals surface area contributed by atoms with Crippen molar-refractivity contribution in [3.8, 4) is 0 Å². The van der Waals surface area contributed by atoms with Crippen molar-refractivity contribution in [3.63, 3.8) is 0 Å². The summed E-state index contributed by atoms with van der Waals surface area (Å²) in [6, 6.07) is 3.21. The maximum absolute atomic E-state index is 12.7. The maximum Gasteiger partial charge on any atom is 0.307 e. The number of rotatable bonds is 10. The van der Waals surface area contributed by atoms with Crippen LogP contribution in [0.1, 0.15) is 13.3 Å². The molecule has 9 nitrogen and oxygen atoms in total. The predicted molar refractivity (Wildman–Crippen MR) is 90.0 cm³/mol. The number of carbonyl (C=O) groups is 1. The number of hydrogen-bond donors (Lipinski definition) is 0. The fourth-order valence-electron chi connectivity index (χ4n) is 1.94.